The summed E-state index contributed by atoms with van der Waals surface area (Å²) in [6.07, 6.45) is 4.32. The van der Waals surface area contributed by atoms with Gasteiger partial charge in [-0.15, -0.1) is 0 Å². The van der Waals surface area contributed by atoms with E-state index < -0.39 is 52.1 Å². The quantitative estimate of drug-likeness (QED) is 0.0960. The molecule has 0 aliphatic heterocycles. The summed E-state index contributed by atoms with van der Waals surface area (Å²) < 4.78 is 120. The number of alkyl halides is 2. The van der Waals surface area contributed by atoms with Crippen molar-refractivity contribution >= 4 is 0 Å². The first kappa shape index (κ1) is 32.5. The smallest absolute Gasteiger partial charge is 0.426 e. The zero-order valence-electron chi connectivity index (χ0n) is 24.6. The zero-order valence-corrected chi connectivity index (χ0v) is 24.6. The maximum atomic E-state index is 15.2. The van der Waals surface area contributed by atoms with E-state index in [0.717, 1.165) is 49.9 Å². The summed E-state index contributed by atoms with van der Waals surface area (Å²) in [5, 5.41) is 0. The molecule has 4 aromatic carbocycles. The molecule has 1 nitrogen and oxygen atoms in total. The Labute approximate surface area is 256 Å². The van der Waals surface area contributed by atoms with Crippen LogP contribution >= 0.6 is 0 Å². The molecule has 0 atom stereocenters. The highest BCUT2D eigenvalue weighted by molar-refractivity contribution is 5.66. The van der Waals surface area contributed by atoms with Gasteiger partial charge in [-0.3, -0.25) is 0 Å². The van der Waals surface area contributed by atoms with Gasteiger partial charge in [0, 0.05) is 11.1 Å². The summed E-state index contributed by atoms with van der Waals surface area (Å²) in [5.41, 5.74) is -1.11. The molecule has 1 aliphatic carbocycles. The second-order valence-corrected chi connectivity index (χ2v) is 11.6. The number of rotatable bonds is 10. The van der Waals surface area contributed by atoms with Crippen LogP contribution in [0.4, 0.5) is 35.1 Å². The Balaban J connectivity index is 1.27. The lowest BCUT2D eigenvalue weighted by Gasteiger charge is -2.29. The Morgan fingerprint density at radius 1 is 0.644 bits per heavy atom. The molecular formula is C36H32F8O. The van der Waals surface area contributed by atoms with Crippen molar-refractivity contribution in [2.45, 2.75) is 70.3 Å². The number of benzene rings is 4. The molecule has 5 rings (SSSR count). The van der Waals surface area contributed by atoms with E-state index in [9.17, 15) is 26.3 Å². The van der Waals surface area contributed by atoms with Gasteiger partial charge in [-0.2, -0.15) is 8.78 Å². The molecule has 9 heteroatoms. The maximum absolute atomic E-state index is 15.2. The molecule has 0 amide bonds. The first-order chi connectivity index (χ1) is 21.5. The van der Waals surface area contributed by atoms with Gasteiger partial charge >= 0.3 is 6.11 Å². The van der Waals surface area contributed by atoms with Crippen LogP contribution in [0.1, 0.15) is 75.3 Å². The van der Waals surface area contributed by atoms with E-state index in [0.29, 0.717) is 29.7 Å². The fraction of sp³-hybridized carbons (Fsp3) is 0.333. The number of ether oxygens (including phenoxy) is 1. The van der Waals surface area contributed by atoms with Crippen LogP contribution in [0.3, 0.4) is 0 Å². The van der Waals surface area contributed by atoms with Crippen molar-refractivity contribution in [2.24, 2.45) is 5.92 Å². The van der Waals surface area contributed by atoms with Crippen LogP contribution in [0.2, 0.25) is 0 Å². The highest BCUT2D eigenvalue weighted by Gasteiger charge is 2.35. The Hall–Kier alpha value is -3.88. The molecule has 0 saturated heterocycles. The summed E-state index contributed by atoms with van der Waals surface area (Å²) in [7, 11) is 0. The largest absolute Gasteiger partial charge is 0.429 e. The number of hydrogen-bond acceptors (Lipinski definition) is 1. The molecule has 0 heterocycles. The SMILES string of the molecule is CCCCCC1CCC(c2ccc(-c3ccc(OC(F)(F)c4ccc(-c5cc(F)c(F)c(F)c5)c(F)c4)cc3)c(F)c2F)CC1. The highest BCUT2D eigenvalue weighted by Crippen LogP contribution is 2.41. The van der Waals surface area contributed by atoms with Crippen LogP contribution in [0.15, 0.2) is 66.7 Å². The molecule has 45 heavy (non-hydrogen) atoms. The molecule has 0 spiro atoms. The van der Waals surface area contributed by atoms with Gasteiger partial charge in [0.1, 0.15) is 11.6 Å². The van der Waals surface area contributed by atoms with Crippen molar-refractivity contribution in [3.63, 3.8) is 0 Å². The summed E-state index contributed by atoms with van der Waals surface area (Å²) in [4.78, 5) is 0. The van der Waals surface area contributed by atoms with Gasteiger partial charge < -0.3 is 4.74 Å². The average molecular weight is 633 g/mol. The zero-order chi connectivity index (χ0) is 32.3. The van der Waals surface area contributed by atoms with Crippen molar-refractivity contribution in [1.82, 2.24) is 0 Å². The highest BCUT2D eigenvalue weighted by atomic mass is 19.3. The molecule has 0 radical (unpaired) electrons. The van der Waals surface area contributed by atoms with Crippen LogP contribution in [-0.4, -0.2) is 0 Å². The third kappa shape index (κ3) is 7.18. The van der Waals surface area contributed by atoms with Crippen molar-refractivity contribution < 1.29 is 39.9 Å². The fourth-order valence-electron chi connectivity index (χ4n) is 6.10. The third-order valence-corrected chi connectivity index (χ3v) is 8.63. The third-order valence-electron chi connectivity index (χ3n) is 8.63. The number of halogens is 8. The molecule has 4 aromatic rings. The van der Waals surface area contributed by atoms with Crippen LogP contribution in [-0.2, 0) is 6.11 Å². The predicted molar refractivity (Wildman–Crippen MR) is 157 cm³/mol. The van der Waals surface area contributed by atoms with E-state index in [-0.39, 0.29) is 28.4 Å². The van der Waals surface area contributed by atoms with E-state index in [4.69, 9.17) is 4.74 Å². The van der Waals surface area contributed by atoms with Crippen LogP contribution in [0, 0.1) is 40.8 Å². The van der Waals surface area contributed by atoms with Crippen molar-refractivity contribution in [2.75, 3.05) is 0 Å². The van der Waals surface area contributed by atoms with E-state index >= 15 is 8.78 Å². The minimum Gasteiger partial charge on any atom is -0.429 e. The predicted octanol–water partition coefficient (Wildman–Crippen LogP) is 11.8. The van der Waals surface area contributed by atoms with Gasteiger partial charge in [-0.05, 0) is 90.6 Å². The average Bonchev–Trinajstić information content (AvgIpc) is 3.02. The van der Waals surface area contributed by atoms with Gasteiger partial charge in [0.05, 0.1) is 5.56 Å². The van der Waals surface area contributed by atoms with Gasteiger partial charge in [-0.1, -0.05) is 62.9 Å². The molecule has 1 saturated carbocycles. The van der Waals surface area contributed by atoms with Crippen molar-refractivity contribution in [3.05, 3.63) is 113 Å². The van der Waals surface area contributed by atoms with Gasteiger partial charge in [0.25, 0.3) is 0 Å². The lowest BCUT2D eigenvalue weighted by molar-refractivity contribution is -0.185. The lowest BCUT2D eigenvalue weighted by atomic mass is 9.76. The molecule has 0 unspecified atom stereocenters. The second-order valence-electron chi connectivity index (χ2n) is 11.6. The Morgan fingerprint density at radius 3 is 1.91 bits per heavy atom. The molecule has 1 fully saturated rings. The van der Waals surface area contributed by atoms with Gasteiger partial charge in [-0.25, -0.2) is 26.3 Å². The minimum absolute atomic E-state index is 0.0193. The maximum Gasteiger partial charge on any atom is 0.426 e. The van der Waals surface area contributed by atoms with Crippen LogP contribution in [0.5, 0.6) is 5.75 Å². The molecular weight excluding hydrogens is 600 g/mol. The minimum atomic E-state index is -4.03. The summed E-state index contributed by atoms with van der Waals surface area (Å²) in [6, 6.07) is 11.3. The Kier molecular flexibility index (Phi) is 9.85. The Morgan fingerprint density at radius 2 is 1.29 bits per heavy atom. The number of hydrogen-bond donors (Lipinski definition) is 0. The fourth-order valence-corrected chi connectivity index (χ4v) is 6.10. The van der Waals surface area contributed by atoms with E-state index in [1.165, 1.54) is 43.9 Å². The molecule has 0 N–H and O–H groups in total. The summed E-state index contributed by atoms with van der Waals surface area (Å²) in [6.45, 7) is 2.17. The van der Waals surface area contributed by atoms with Crippen LogP contribution < -0.4 is 4.74 Å². The molecule has 0 aromatic heterocycles. The standard InChI is InChI=1S/C36H32F8O/c1-2-3-4-5-21-6-8-22(9-7-21)28-16-17-29(34(41)33(28)40)23-10-13-26(14-11-23)45-36(43,44)25-12-15-27(30(37)20-25)24-18-31(38)35(42)32(39)19-24/h10-22H,2-9H2,1H3. The van der Waals surface area contributed by atoms with E-state index in [2.05, 4.69) is 6.92 Å². The molecule has 1 aliphatic rings. The monoisotopic (exact) mass is 632 g/mol. The van der Waals surface area contributed by atoms with Crippen molar-refractivity contribution in [3.8, 4) is 28.0 Å². The topological polar surface area (TPSA) is 9.23 Å². The van der Waals surface area contributed by atoms with Crippen LogP contribution in [0.25, 0.3) is 22.3 Å². The first-order valence-corrected chi connectivity index (χ1v) is 15.1. The number of unbranched alkanes of at least 4 members (excludes halogenated alkanes) is 2. The summed E-state index contributed by atoms with van der Waals surface area (Å²) >= 11 is 0. The molecule has 238 valence electrons. The first-order valence-electron chi connectivity index (χ1n) is 15.1. The molecule has 0 bridgehead atoms. The van der Waals surface area contributed by atoms with Gasteiger partial charge in [0.2, 0.25) is 0 Å². The Bertz CT molecular complexity index is 1620. The van der Waals surface area contributed by atoms with E-state index in [1.54, 1.807) is 6.07 Å². The van der Waals surface area contributed by atoms with Gasteiger partial charge in [0.15, 0.2) is 29.1 Å². The summed E-state index contributed by atoms with van der Waals surface area (Å²) in [5.74, 6) is -7.74. The van der Waals surface area contributed by atoms with Crippen molar-refractivity contribution in [1.29, 1.82) is 0 Å². The second kappa shape index (κ2) is 13.6. The van der Waals surface area contributed by atoms with E-state index in [1.807, 2.05) is 0 Å². The normalized spacial score (nSPS) is 17.0. The lowest BCUT2D eigenvalue weighted by Crippen LogP contribution is -2.22.